The fourth-order valence-electron chi connectivity index (χ4n) is 3.45. The van der Waals surface area contributed by atoms with E-state index in [9.17, 15) is 14.3 Å². The zero-order valence-electron chi connectivity index (χ0n) is 17.7. The third kappa shape index (κ3) is 4.74. The van der Waals surface area contributed by atoms with Gasteiger partial charge < -0.3 is 15.2 Å². The van der Waals surface area contributed by atoms with Gasteiger partial charge in [0, 0.05) is 23.1 Å². The van der Waals surface area contributed by atoms with Crippen LogP contribution in [-0.2, 0) is 29.9 Å². The van der Waals surface area contributed by atoms with Crippen LogP contribution in [0.15, 0.2) is 36.5 Å². The van der Waals surface area contributed by atoms with Gasteiger partial charge in [-0.25, -0.2) is 9.18 Å². The molecule has 168 valence electrons. The zero-order valence-corrected chi connectivity index (χ0v) is 18.4. The highest BCUT2D eigenvalue weighted by molar-refractivity contribution is 6.31. The predicted octanol–water partition coefficient (Wildman–Crippen LogP) is 4.14. The van der Waals surface area contributed by atoms with Gasteiger partial charge in [-0.2, -0.15) is 5.10 Å². The maximum Gasteiger partial charge on any atom is 0.326 e. The van der Waals surface area contributed by atoms with E-state index in [2.05, 4.69) is 20.5 Å². The molecule has 0 atom stereocenters. The molecule has 1 aliphatic rings. The molecule has 10 heteroatoms. The molecule has 2 amide bonds. The molecule has 8 nitrogen and oxygen atoms in total. The van der Waals surface area contributed by atoms with Crippen LogP contribution in [0.25, 0.3) is 0 Å². The van der Waals surface area contributed by atoms with Crippen LogP contribution in [0.5, 0.6) is 0 Å². The predicted molar refractivity (Wildman–Crippen MR) is 118 cm³/mol. The second-order valence-electron chi connectivity index (χ2n) is 8.03. The van der Waals surface area contributed by atoms with E-state index in [4.69, 9.17) is 16.3 Å². The number of aromatic amines is 1. The van der Waals surface area contributed by atoms with Crippen molar-refractivity contribution in [2.24, 2.45) is 0 Å². The summed E-state index contributed by atoms with van der Waals surface area (Å²) in [5.74, 6) is -0.573. The third-order valence-electron chi connectivity index (χ3n) is 5.19. The van der Waals surface area contributed by atoms with Crippen molar-refractivity contribution in [2.75, 3.05) is 16.8 Å². The van der Waals surface area contributed by atoms with Gasteiger partial charge in [0.1, 0.15) is 11.4 Å². The summed E-state index contributed by atoms with van der Waals surface area (Å²) in [7, 11) is 0. The summed E-state index contributed by atoms with van der Waals surface area (Å²) in [4.78, 5) is 19.0. The van der Waals surface area contributed by atoms with E-state index in [1.54, 1.807) is 26.0 Å². The lowest BCUT2D eigenvalue weighted by atomic mass is 10.0. The Labute approximate surface area is 189 Å². The molecule has 0 radical (unpaired) electrons. The monoisotopic (exact) mass is 459 g/mol. The molecule has 3 N–H and O–H groups in total. The Morgan fingerprint density at radius 2 is 2.19 bits per heavy atom. The van der Waals surface area contributed by atoms with E-state index in [0.29, 0.717) is 36.7 Å². The minimum atomic E-state index is -1.19. The molecule has 32 heavy (non-hydrogen) atoms. The molecule has 0 fully saturated rings. The average molecular weight is 460 g/mol. The lowest BCUT2D eigenvalue weighted by Crippen LogP contribution is -2.35. The maximum atomic E-state index is 13.5. The van der Waals surface area contributed by atoms with E-state index in [-0.39, 0.29) is 11.6 Å². The quantitative estimate of drug-likeness (QED) is 0.532. The smallest absolute Gasteiger partial charge is 0.326 e. The molecular formula is C22H23ClFN5O3. The van der Waals surface area contributed by atoms with Crippen LogP contribution in [0.4, 0.5) is 20.6 Å². The van der Waals surface area contributed by atoms with Gasteiger partial charge >= 0.3 is 6.03 Å². The molecule has 0 spiro atoms. The molecule has 4 rings (SSSR count). The number of nitrogens with one attached hydrogen (secondary N) is 2. The summed E-state index contributed by atoms with van der Waals surface area (Å²) < 4.78 is 19.0. The van der Waals surface area contributed by atoms with Crippen LogP contribution in [0.3, 0.4) is 0 Å². The number of pyridine rings is 1. The lowest BCUT2D eigenvalue weighted by molar-refractivity contribution is 0.0739. The fourth-order valence-corrected chi connectivity index (χ4v) is 3.64. The van der Waals surface area contributed by atoms with Crippen molar-refractivity contribution in [3.05, 3.63) is 70.0 Å². The second-order valence-corrected chi connectivity index (χ2v) is 8.44. The number of carbonyl (C=O) groups excluding carboxylic acids is 1. The number of nitrogens with zero attached hydrogens (tertiary/aromatic N) is 3. The molecule has 3 heterocycles. The number of amides is 2. The fraction of sp³-hybridized carbons (Fsp3) is 0.318. The number of aliphatic hydroxyl groups is 1. The number of H-pyrrole nitrogens is 1. The lowest BCUT2D eigenvalue weighted by Gasteiger charge is -2.25. The van der Waals surface area contributed by atoms with Gasteiger partial charge in [0.05, 0.1) is 41.9 Å². The van der Waals surface area contributed by atoms with Crippen molar-refractivity contribution < 1.29 is 19.0 Å². The Balaban J connectivity index is 1.68. The van der Waals surface area contributed by atoms with Crippen LogP contribution < -0.4 is 10.2 Å². The van der Waals surface area contributed by atoms with Crippen LogP contribution in [0.2, 0.25) is 5.02 Å². The Hall–Kier alpha value is -3.01. The summed E-state index contributed by atoms with van der Waals surface area (Å²) in [6.45, 7) is 4.43. The van der Waals surface area contributed by atoms with Crippen LogP contribution >= 0.6 is 11.6 Å². The number of ether oxygens (including phenoxy) is 1. The molecule has 0 saturated heterocycles. The summed E-state index contributed by atoms with van der Waals surface area (Å²) in [5.41, 5.74) is 2.73. The van der Waals surface area contributed by atoms with Crippen molar-refractivity contribution in [3.8, 4) is 0 Å². The van der Waals surface area contributed by atoms with Crippen molar-refractivity contribution >= 4 is 29.0 Å². The minimum absolute atomic E-state index is 0.0936. The molecule has 2 aromatic heterocycles. The zero-order chi connectivity index (χ0) is 22.9. The number of benzene rings is 1. The van der Waals surface area contributed by atoms with Gasteiger partial charge in [-0.15, -0.1) is 0 Å². The second kappa shape index (κ2) is 8.85. The minimum Gasteiger partial charge on any atom is -0.384 e. The van der Waals surface area contributed by atoms with E-state index in [0.717, 1.165) is 17.0 Å². The number of rotatable bonds is 5. The largest absolute Gasteiger partial charge is 0.384 e. The molecule has 1 aliphatic heterocycles. The summed E-state index contributed by atoms with van der Waals surface area (Å²) in [6, 6.07) is 6.82. The van der Waals surface area contributed by atoms with Gasteiger partial charge in [0.15, 0.2) is 0 Å². The normalized spacial score (nSPS) is 13.5. The molecule has 0 unspecified atom stereocenters. The standard InChI is InChI=1S/C22H23ClFN5O3/c1-22(2,31)20-10-14(5-7-25-20)29(11-18-15-6-8-32-12-19(15)28-27-18)21(30)26-13-3-4-17(24)16(23)9-13/h3-5,7,9-10,31H,6,8,11-12H2,1-2H3,(H,26,30)(H,27,28). The molecule has 0 saturated carbocycles. The van der Waals surface area contributed by atoms with Crippen LogP contribution in [-0.4, -0.2) is 32.9 Å². The van der Waals surface area contributed by atoms with Crippen molar-refractivity contribution in [3.63, 3.8) is 0 Å². The summed E-state index contributed by atoms with van der Waals surface area (Å²) in [5, 5.41) is 20.4. The van der Waals surface area contributed by atoms with Crippen LogP contribution in [0, 0.1) is 5.82 Å². The van der Waals surface area contributed by atoms with Crippen molar-refractivity contribution in [1.29, 1.82) is 0 Å². The Kier molecular flexibility index (Phi) is 6.14. The van der Waals surface area contributed by atoms with Gasteiger partial charge in [-0.3, -0.25) is 15.0 Å². The van der Waals surface area contributed by atoms with E-state index >= 15 is 0 Å². The van der Waals surface area contributed by atoms with E-state index in [1.807, 2.05) is 0 Å². The molecular weight excluding hydrogens is 437 g/mol. The number of carbonyl (C=O) groups is 1. The number of urea groups is 1. The highest BCUT2D eigenvalue weighted by atomic mass is 35.5. The van der Waals surface area contributed by atoms with Gasteiger partial charge in [-0.05, 0) is 50.6 Å². The Bertz CT molecular complexity index is 1140. The first-order valence-electron chi connectivity index (χ1n) is 10.1. The molecule has 1 aromatic carbocycles. The SMILES string of the molecule is CC(C)(O)c1cc(N(Cc2n[nH]c3c2CCOC3)C(=O)Nc2ccc(F)c(Cl)c2)ccn1. The number of fused-ring (bicyclic) bond motifs is 1. The Morgan fingerprint density at radius 3 is 2.94 bits per heavy atom. The van der Waals surface area contributed by atoms with Gasteiger partial charge in [0.2, 0.25) is 0 Å². The topological polar surface area (TPSA) is 103 Å². The van der Waals surface area contributed by atoms with E-state index in [1.165, 1.54) is 29.3 Å². The molecule has 0 aliphatic carbocycles. The average Bonchev–Trinajstić information content (AvgIpc) is 3.17. The molecule has 0 bridgehead atoms. The first-order chi connectivity index (χ1) is 15.2. The number of hydrogen-bond donors (Lipinski definition) is 3. The highest BCUT2D eigenvalue weighted by Gasteiger charge is 2.25. The van der Waals surface area contributed by atoms with Crippen molar-refractivity contribution in [1.82, 2.24) is 15.2 Å². The van der Waals surface area contributed by atoms with Gasteiger partial charge in [0.25, 0.3) is 0 Å². The highest BCUT2D eigenvalue weighted by Crippen LogP contribution is 2.27. The Morgan fingerprint density at radius 1 is 1.38 bits per heavy atom. The van der Waals surface area contributed by atoms with Gasteiger partial charge in [-0.1, -0.05) is 11.6 Å². The number of hydrogen-bond acceptors (Lipinski definition) is 5. The summed E-state index contributed by atoms with van der Waals surface area (Å²) in [6.07, 6.45) is 2.22. The first kappa shape index (κ1) is 22.2. The van der Waals surface area contributed by atoms with Crippen molar-refractivity contribution in [2.45, 2.75) is 39.0 Å². The van der Waals surface area contributed by atoms with E-state index < -0.39 is 17.4 Å². The van der Waals surface area contributed by atoms with Crippen LogP contribution in [0.1, 0.15) is 36.5 Å². The first-order valence-corrected chi connectivity index (χ1v) is 10.5. The number of anilines is 2. The maximum absolute atomic E-state index is 13.5. The third-order valence-corrected chi connectivity index (χ3v) is 5.48. The summed E-state index contributed by atoms with van der Waals surface area (Å²) >= 11 is 5.86. The molecule has 3 aromatic rings. The number of halogens is 2. The number of aromatic nitrogens is 3.